The van der Waals surface area contributed by atoms with Gasteiger partial charge in [0.15, 0.2) is 0 Å². The van der Waals surface area contributed by atoms with E-state index in [1.807, 2.05) is 42.5 Å². The summed E-state index contributed by atoms with van der Waals surface area (Å²) in [6.45, 7) is 2.31. The third-order valence-electron chi connectivity index (χ3n) is 3.51. The van der Waals surface area contributed by atoms with Crippen molar-refractivity contribution in [2.24, 2.45) is 5.92 Å². The standard InChI is InChI=1S/C17H21NO4/c1-2-21-16(19)14-10-6-7-11-15(14)18-17(20)22-12-13-8-4-3-5-9-13/h3-5,7-9,11,14-15H,2,6,10,12H2,1H3,(H,18,20)/t14-,15+/m1/s1. The van der Waals surface area contributed by atoms with Crippen LogP contribution in [0.4, 0.5) is 4.79 Å². The van der Waals surface area contributed by atoms with Crippen LogP contribution in [0.3, 0.4) is 0 Å². The first-order valence-electron chi connectivity index (χ1n) is 7.51. The number of rotatable bonds is 5. The summed E-state index contributed by atoms with van der Waals surface area (Å²) in [5, 5.41) is 2.73. The Kier molecular flexibility index (Phi) is 6.01. The second-order valence-corrected chi connectivity index (χ2v) is 5.10. The summed E-state index contributed by atoms with van der Waals surface area (Å²) in [4.78, 5) is 23.8. The molecule has 0 aliphatic heterocycles. The van der Waals surface area contributed by atoms with Crippen molar-refractivity contribution in [2.75, 3.05) is 6.61 Å². The van der Waals surface area contributed by atoms with E-state index in [1.54, 1.807) is 6.92 Å². The van der Waals surface area contributed by atoms with Gasteiger partial charge in [-0.2, -0.15) is 0 Å². The predicted molar refractivity (Wildman–Crippen MR) is 82.0 cm³/mol. The molecule has 1 N–H and O–H groups in total. The van der Waals surface area contributed by atoms with Gasteiger partial charge < -0.3 is 14.8 Å². The van der Waals surface area contributed by atoms with E-state index < -0.39 is 6.09 Å². The summed E-state index contributed by atoms with van der Waals surface area (Å²) in [5.41, 5.74) is 0.916. The monoisotopic (exact) mass is 303 g/mol. The summed E-state index contributed by atoms with van der Waals surface area (Å²) in [7, 11) is 0. The minimum absolute atomic E-state index is 0.202. The van der Waals surface area contributed by atoms with Gasteiger partial charge in [-0.1, -0.05) is 42.5 Å². The highest BCUT2D eigenvalue weighted by Crippen LogP contribution is 2.20. The van der Waals surface area contributed by atoms with Crippen LogP contribution in [0.1, 0.15) is 25.3 Å². The van der Waals surface area contributed by atoms with Gasteiger partial charge in [0.05, 0.1) is 18.6 Å². The number of amides is 1. The topological polar surface area (TPSA) is 64.6 Å². The number of carbonyl (C=O) groups excluding carboxylic acids is 2. The lowest BCUT2D eigenvalue weighted by molar-refractivity contribution is -0.148. The molecule has 5 heteroatoms. The number of allylic oxidation sites excluding steroid dienone is 1. The average Bonchev–Trinajstić information content (AvgIpc) is 2.54. The van der Waals surface area contributed by atoms with Gasteiger partial charge in [0, 0.05) is 0 Å². The minimum atomic E-state index is -0.533. The SMILES string of the molecule is CCOC(=O)[C@@H]1CCC=C[C@@H]1NC(=O)OCc1ccccc1. The molecule has 0 radical (unpaired) electrons. The van der Waals surface area contributed by atoms with Crippen molar-refractivity contribution in [1.29, 1.82) is 0 Å². The van der Waals surface area contributed by atoms with Crippen LogP contribution in [0.15, 0.2) is 42.5 Å². The highest BCUT2D eigenvalue weighted by atomic mass is 16.5. The predicted octanol–water partition coefficient (Wildman–Crippen LogP) is 2.81. The van der Waals surface area contributed by atoms with E-state index in [1.165, 1.54) is 0 Å². The Labute approximate surface area is 130 Å². The van der Waals surface area contributed by atoms with Crippen molar-refractivity contribution >= 4 is 12.1 Å². The summed E-state index contributed by atoms with van der Waals surface area (Å²) >= 11 is 0. The Hall–Kier alpha value is -2.30. The molecule has 0 spiro atoms. The van der Waals surface area contributed by atoms with Gasteiger partial charge in [-0.3, -0.25) is 4.79 Å². The molecule has 0 fully saturated rings. The fraction of sp³-hybridized carbons (Fsp3) is 0.412. The number of hydrogen-bond acceptors (Lipinski definition) is 4. The molecule has 1 aliphatic carbocycles. The van der Waals surface area contributed by atoms with E-state index in [9.17, 15) is 9.59 Å². The molecular formula is C17H21NO4. The zero-order valence-electron chi connectivity index (χ0n) is 12.7. The van der Waals surface area contributed by atoms with E-state index in [2.05, 4.69) is 5.32 Å². The molecule has 118 valence electrons. The van der Waals surface area contributed by atoms with Gasteiger partial charge in [-0.25, -0.2) is 4.79 Å². The lowest BCUT2D eigenvalue weighted by Gasteiger charge is -2.26. The molecule has 0 saturated carbocycles. The van der Waals surface area contributed by atoms with Gasteiger partial charge in [-0.05, 0) is 25.3 Å². The van der Waals surface area contributed by atoms with Gasteiger partial charge in [0.1, 0.15) is 6.61 Å². The number of ether oxygens (including phenoxy) is 2. The molecule has 5 nitrogen and oxygen atoms in total. The van der Waals surface area contributed by atoms with Crippen LogP contribution in [-0.4, -0.2) is 24.7 Å². The highest BCUT2D eigenvalue weighted by molar-refractivity contribution is 5.76. The van der Waals surface area contributed by atoms with Crippen LogP contribution < -0.4 is 5.32 Å². The maximum atomic E-state index is 11.9. The molecule has 0 bridgehead atoms. The lowest BCUT2D eigenvalue weighted by Crippen LogP contribution is -2.44. The van der Waals surface area contributed by atoms with Crippen LogP contribution in [0.2, 0.25) is 0 Å². The van der Waals surface area contributed by atoms with Gasteiger partial charge in [-0.15, -0.1) is 0 Å². The maximum absolute atomic E-state index is 11.9. The number of alkyl carbamates (subject to hydrolysis) is 1. The van der Waals surface area contributed by atoms with Crippen LogP contribution in [0.5, 0.6) is 0 Å². The van der Waals surface area contributed by atoms with Gasteiger partial charge in [0.25, 0.3) is 0 Å². The molecule has 0 heterocycles. The van der Waals surface area contributed by atoms with Crippen molar-refractivity contribution in [3.05, 3.63) is 48.0 Å². The third kappa shape index (κ3) is 4.62. The zero-order chi connectivity index (χ0) is 15.8. The molecule has 1 aliphatic rings. The summed E-state index contributed by atoms with van der Waals surface area (Å²) < 4.78 is 10.2. The van der Waals surface area contributed by atoms with Crippen LogP contribution in [0, 0.1) is 5.92 Å². The Morgan fingerprint density at radius 1 is 1.23 bits per heavy atom. The molecule has 1 amide bonds. The zero-order valence-corrected chi connectivity index (χ0v) is 12.7. The van der Waals surface area contributed by atoms with Crippen molar-refractivity contribution in [3.63, 3.8) is 0 Å². The smallest absolute Gasteiger partial charge is 0.407 e. The second kappa shape index (κ2) is 8.22. The van der Waals surface area contributed by atoms with Crippen LogP contribution in [0.25, 0.3) is 0 Å². The Bertz CT molecular complexity index is 527. The van der Waals surface area contributed by atoms with E-state index in [-0.39, 0.29) is 24.5 Å². The first-order chi connectivity index (χ1) is 10.7. The molecule has 2 atom stereocenters. The quantitative estimate of drug-likeness (QED) is 0.671. The van der Waals surface area contributed by atoms with E-state index in [0.717, 1.165) is 12.0 Å². The van der Waals surface area contributed by atoms with Gasteiger partial charge in [0.2, 0.25) is 0 Å². The molecule has 0 unspecified atom stereocenters. The largest absolute Gasteiger partial charge is 0.466 e. The van der Waals surface area contributed by atoms with Crippen molar-refractivity contribution in [3.8, 4) is 0 Å². The fourth-order valence-electron chi connectivity index (χ4n) is 2.40. The van der Waals surface area contributed by atoms with Gasteiger partial charge >= 0.3 is 12.1 Å². The van der Waals surface area contributed by atoms with Crippen molar-refractivity contribution in [2.45, 2.75) is 32.4 Å². The molecule has 1 aromatic carbocycles. The Morgan fingerprint density at radius 2 is 2.00 bits per heavy atom. The number of carbonyl (C=O) groups is 2. The Morgan fingerprint density at radius 3 is 2.73 bits per heavy atom. The molecular weight excluding hydrogens is 282 g/mol. The summed E-state index contributed by atoms with van der Waals surface area (Å²) in [5.74, 6) is -0.630. The maximum Gasteiger partial charge on any atom is 0.407 e. The fourth-order valence-corrected chi connectivity index (χ4v) is 2.40. The highest BCUT2D eigenvalue weighted by Gasteiger charge is 2.30. The number of nitrogens with one attached hydrogen (secondary N) is 1. The molecule has 22 heavy (non-hydrogen) atoms. The van der Waals surface area contributed by atoms with E-state index in [0.29, 0.717) is 13.0 Å². The molecule has 0 aromatic heterocycles. The first-order valence-corrected chi connectivity index (χ1v) is 7.51. The normalized spacial score (nSPS) is 20.2. The minimum Gasteiger partial charge on any atom is -0.466 e. The molecule has 2 rings (SSSR count). The molecule has 1 aromatic rings. The number of esters is 1. The lowest BCUT2D eigenvalue weighted by atomic mass is 9.89. The van der Waals surface area contributed by atoms with Crippen LogP contribution in [-0.2, 0) is 20.9 Å². The van der Waals surface area contributed by atoms with Crippen molar-refractivity contribution < 1.29 is 19.1 Å². The van der Waals surface area contributed by atoms with E-state index >= 15 is 0 Å². The van der Waals surface area contributed by atoms with E-state index in [4.69, 9.17) is 9.47 Å². The second-order valence-electron chi connectivity index (χ2n) is 5.10. The van der Waals surface area contributed by atoms with Crippen molar-refractivity contribution in [1.82, 2.24) is 5.32 Å². The Balaban J connectivity index is 1.87. The van der Waals surface area contributed by atoms with Crippen LogP contribution >= 0.6 is 0 Å². The average molecular weight is 303 g/mol. The third-order valence-corrected chi connectivity index (χ3v) is 3.51. The first kappa shape index (κ1) is 16.1. The number of benzene rings is 1. The summed E-state index contributed by atoms with van der Waals surface area (Å²) in [6, 6.07) is 9.07. The summed E-state index contributed by atoms with van der Waals surface area (Å²) in [6.07, 6.45) is 4.72. The number of hydrogen-bond donors (Lipinski definition) is 1. The molecule has 0 saturated heterocycles.